The van der Waals surface area contributed by atoms with Crippen molar-refractivity contribution in [1.29, 1.82) is 0 Å². The van der Waals surface area contributed by atoms with Crippen LogP contribution in [0, 0.1) is 6.92 Å². The summed E-state index contributed by atoms with van der Waals surface area (Å²) in [6, 6.07) is 3.79. The van der Waals surface area contributed by atoms with Gasteiger partial charge in [0.2, 0.25) is 0 Å². The summed E-state index contributed by atoms with van der Waals surface area (Å²) < 4.78 is 7.30. The Bertz CT molecular complexity index is 530. The molecular formula is C10H8N2OS. The van der Waals surface area contributed by atoms with Crippen molar-refractivity contribution in [2.45, 2.75) is 6.92 Å². The van der Waals surface area contributed by atoms with Gasteiger partial charge in [0, 0.05) is 17.3 Å². The molecule has 0 bridgehead atoms. The number of furan rings is 1. The minimum absolute atomic E-state index is 0.818. The largest absolute Gasteiger partial charge is 0.463 e. The van der Waals surface area contributed by atoms with Crippen LogP contribution in [0.25, 0.3) is 16.4 Å². The Kier molecular flexibility index (Phi) is 1.52. The number of aromatic nitrogens is 2. The molecule has 4 heteroatoms. The molecule has 14 heavy (non-hydrogen) atoms. The smallest absolute Gasteiger partial charge is 0.194 e. The molecule has 0 amide bonds. The van der Waals surface area contributed by atoms with Crippen LogP contribution in [0.5, 0.6) is 0 Å². The Morgan fingerprint density at radius 1 is 1.43 bits per heavy atom. The summed E-state index contributed by atoms with van der Waals surface area (Å²) in [4.78, 5) is 6.73. The summed E-state index contributed by atoms with van der Waals surface area (Å²) in [5, 5.41) is 0. The highest BCUT2D eigenvalue weighted by atomic mass is 32.1. The number of hydrogen-bond acceptors (Lipinski definition) is 3. The zero-order valence-corrected chi connectivity index (χ0v) is 8.41. The fourth-order valence-corrected chi connectivity index (χ4v) is 2.26. The van der Waals surface area contributed by atoms with E-state index in [1.165, 1.54) is 4.88 Å². The van der Waals surface area contributed by atoms with Gasteiger partial charge in [0.05, 0.1) is 6.26 Å². The summed E-state index contributed by atoms with van der Waals surface area (Å²) in [7, 11) is 0. The molecule has 0 spiro atoms. The predicted octanol–water partition coefficient (Wildman–Crippen LogP) is 2.96. The third-order valence-corrected chi connectivity index (χ3v) is 2.96. The van der Waals surface area contributed by atoms with Crippen molar-refractivity contribution in [3.8, 4) is 11.5 Å². The molecule has 0 aromatic carbocycles. The van der Waals surface area contributed by atoms with Crippen LogP contribution in [0.3, 0.4) is 0 Å². The summed E-state index contributed by atoms with van der Waals surface area (Å²) >= 11 is 1.68. The van der Waals surface area contributed by atoms with E-state index in [1.807, 2.05) is 22.7 Å². The molecule has 3 rings (SSSR count). The second kappa shape index (κ2) is 2.72. The van der Waals surface area contributed by atoms with Gasteiger partial charge in [-0.2, -0.15) is 0 Å². The zero-order chi connectivity index (χ0) is 9.54. The lowest BCUT2D eigenvalue weighted by Gasteiger charge is -1.85. The average molecular weight is 204 g/mol. The van der Waals surface area contributed by atoms with Crippen molar-refractivity contribution in [2.24, 2.45) is 0 Å². The van der Waals surface area contributed by atoms with Crippen molar-refractivity contribution in [3.05, 3.63) is 35.7 Å². The zero-order valence-electron chi connectivity index (χ0n) is 7.60. The van der Waals surface area contributed by atoms with Crippen LogP contribution in [-0.4, -0.2) is 9.38 Å². The molecule has 0 unspecified atom stereocenters. The fourth-order valence-electron chi connectivity index (χ4n) is 1.45. The van der Waals surface area contributed by atoms with Crippen LogP contribution in [0.4, 0.5) is 0 Å². The molecule has 0 N–H and O–H groups in total. The van der Waals surface area contributed by atoms with E-state index >= 15 is 0 Å². The predicted molar refractivity (Wildman–Crippen MR) is 55.5 cm³/mol. The number of aryl methyl sites for hydroxylation is 1. The van der Waals surface area contributed by atoms with E-state index in [9.17, 15) is 0 Å². The van der Waals surface area contributed by atoms with Crippen molar-refractivity contribution in [1.82, 2.24) is 9.38 Å². The SMILES string of the molecule is Cc1cn2cc(-c3ccco3)nc2s1. The van der Waals surface area contributed by atoms with Gasteiger partial charge >= 0.3 is 0 Å². The Hall–Kier alpha value is -1.55. The monoisotopic (exact) mass is 204 g/mol. The molecule has 0 aliphatic carbocycles. The first kappa shape index (κ1) is 7.82. The molecule has 0 aliphatic heterocycles. The first-order valence-electron chi connectivity index (χ1n) is 4.32. The van der Waals surface area contributed by atoms with Gasteiger partial charge in [-0.3, -0.25) is 4.40 Å². The number of thiazole rings is 1. The highest BCUT2D eigenvalue weighted by Crippen LogP contribution is 2.23. The van der Waals surface area contributed by atoms with Gasteiger partial charge in [0.25, 0.3) is 0 Å². The van der Waals surface area contributed by atoms with Crippen molar-refractivity contribution < 1.29 is 4.42 Å². The summed E-state index contributed by atoms with van der Waals surface area (Å²) in [6.45, 7) is 2.08. The third-order valence-electron chi connectivity index (χ3n) is 2.05. The van der Waals surface area contributed by atoms with Crippen LogP contribution in [0.1, 0.15) is 4.88 Å². The maximum Gasteiger partial charge on any atom is 0.194 e. The maximum atomic E-state index is 5.28. The van der Waals surface area contributed by atoms with Crippen LogP contribution in [-0.2, 0) is 0 Å². The number of rotatable bonds is 1. The maximum absolute atomic E-state index is 5.28. The molecule has 0 saturated heterocycles. The van der Waals surface area contributed by atoms with E-state index in [-0.39, 0.29) is 0 Å². The summed E-state index contributed by atoms with van der Waals surface area (Å²) in [5.74, 6) is 0.818. The van der Waals surface area contributed by atoms with Crippen molar-refractivity contribution in [3.63, 3.8) is 0 Å². The van der Waals surface area contributed by atoms with Crippen LogP contribution in [0.15, 0.2) is 35.2 Å². The van der Waals surface area contributed by atoms with Crippen molar-refractivity contribution in [2.75, 3.05) is 0 Å². The van der Waals surface area contributed by atoms with E-state index in [0.29, 0.717) is 0 Å². The lowest BCUT2D eigenvalue weighted by Crippen LogP contribution is -1.71. The minimum atomic E-state index is 0.818. The first-order valence-corrected chi connectivity index (χ1v) is 5.13. The number of nitrogens with zero attached hydrogens (tertiary/aromatic N) is 2. The summed E-state index contributed by atoms with van der Waals surface area (Å²) in [6.07, 6.45) is 5.71. The fraction of sp³-hybridized carbons (Fsp3) is 0.100. The summed E-state index contributed by atoms with van der Waals surface area (Å²) in [5.41, 5.74) is 0.890. The minimum Gasteiger partial charge on any atom is -0.463 e. The van der Waals surface area contributed by atoms with E-state index in [4.69, 9.17) is 4.42 Å². The molecule has 0 radical (unpaired) electrons. The standard InChI is InChI=1S/C10H8N2OS/c1-7-5-12-6-8(11-10(12)14-7)9-3-2-4-13-9/h2-6H,1H3. The molecule has 0 saturated carbocycles. The molecule has 3 heterocycles. The highest BCUT2D eigenvalue weighted by Gasteiger charge is 2.07. The number of imidazole rings is 1. The Balaban J connectivity index is 2.20. The van der Waals surface area contributed by atoms with Gasteiger partial charge in [-0.25, -0.2) is 4.98 Å². The second-order valence-electron chi connectivity index (χ2n) is 3.14. The average Bonchev–Trinajstić information content (AvgIpc) is 2.74. The molecule has 0 aliphatic rings. The van der Waals surface area contributed by atoms with Gasteiger partial charge in [0.15, 0.2) is 10.7 Å². The number of fused-ring (bicyclic) bond motifs is 1. The molecular weight excluding hydrogens is 196 g/mol. The van der Waals surface area contributed by atoms with E-state index < -0.39 is 0 Å². The van der Waals surface area contributed by atoms with E-state index in [1.54, 1.807) is 17.6 Å². The van der Waals surface area contributed by atoms with Gasteiger partial charge in [0.1, 0.15) is 5.69 Å². The highest BCUT2D eigenvalue weighted by molar-refractivity contribution is 7.17. The van der Waals surface area contributed by atoms with Crippen LogP contribution >= 0.6 is 11.3 Å². The Morgan fingerprint density at radius 2 is 2.36 bits per heavy atom. The van der Waals surface area contributed by atoms with Gasteiger partial charge in [-0.1, -0.05) is 0 Å². The normalized spacial score (nSPS) is 11.2. The molecule has 0 fully saturated rings. The Labute approximate surface area is 84.6 Å². The Morgan fingerprint density at radius 3 is 3.07 bits per heavy atom. The second-order valence-corrected chi connectivity index (χ2v) is 4.35. The van der Waals surface area contributed by atoms with Crippen LogP contribution < -0.4 is 0 Å². The van der Waals surface area contributed by atoms with Gasteiger partial charge in [-0.15, -0.1) is 11.3 Å². The first-order chi connectivity index (χ1) is 6.83. The number of hydrogen-bond donors (Lipinski definition) is 0. The molecule has 0 atom stereocenters. The molecule has 3 aromatic heterocycles. The lowest BCUT2D eigenvalue weighted by atomic mass is 10.4. The molecule has 3 nitrogen and oxygen atoms in total. The van der Waals surface area contributed by atoms with E-state index in [2.05, 4.69) is 18.1 Å². The van der Waals surface area contributed by atoms with Crippen molar-refractivity contribution >= 4 is 16.3 Å². The van der Waals surface area contributed by atoms with Gasteiger partial charge < -0.3 is 4.42 Å². The lowest BCUT2D eigenvalue weighted by molar-refractivity contribution is 0.580. The molecule has 70 valence electrons. The van der Waals surface area contributed by atoms with E-state index in [0.717, 1.165) is 16.4 Å². The quantitative estimate of drug-likeness (QED) is 0.610. The third kappa shape index (κ3) is 1.08. The van der Waals surface area contributed by atoms with Crippen LogP contribution in [0.2, 0.25) is 0 Å². The topological polar surface area (TPSA) is 30.4 Å². The van der Waals surface area contributed by atoms with Gasteiger partial charge in [-0.05, 0) is 19.1 Å². The molecule has 3 aromatic rings.